The molecule has 0 radical (unpaired) electrons. The number of aromatic nitrogens is 6. The Morgan fingerprint density at radius 2 is 2.23 bits per heavy atom. The van der Waals surface area contributed by atoms with Crippen molar-refractivity contribution in [3.8, 4) is 23.0 Å². The first-order valence-corrected chi connectivity index (χ1v) is 10.4. The van der Waals surface area contributed by atoms with Gasteiger partial charge in [0.2, 0.25) is 5.82 Å². The van der Waals surface area contributed by atoms with E-state index < -0.39 is 0 Å². The lowest BCUT2D eigenvalue weighted by Crippen LogP contribution is -2.38. The molecule has 5 rings (SSSR count). The summed E-state index contributed by atoms with van der Waals surface area (Å²) < 4.78 is 7.49. The zero-order valence-corrected chi connectivity index (χ0v) is 17.2. The van der Waals surface area contributed by atoms with Crippen LogP contribution in [-0.2, 0) is 19.5 Å². The zero-order chi connectivity index (χ0) is 20.5. The van der Waals surface area contributed by atoms with Gasteiger partial charge in [-0.2, -0.15) is 10.1 Å². The lowest BCUT2D eigenvalue weighted by Gasteiger charge is -2.34. The van der Waals surface area contributed by atoms with Gasteiger partial charge in [0, 0.05) is 61.7 Å². The zero-order valence-electron chi connectivity index (χ0n) is 17.2. The molecule has 0 fully saturated rings. The molecule has 1 atom stereocenters. The number of fused-ring (bicyclic) bond motifs is 1. The molecule has 8 nitrogen and oxygen atoms in total. The van der Waals surface area contributed by atoms with Gasteiger partial charge in [-0.1, -0.05) is 5.16 Å². The fourth-order valence-corrected chi connectivity index (χ4v) is 4.18. The second-order valence-corrected chi connectivity index (χ2v) is 7.86. The SMILES string of the molecule is Cc1ncc2c(c1-c1noc(-c3ccc[nH]3)n1)CCN([C@H](C)CCn1cccn1)C2. The van der Waals surface area contributed by atoms with Crippen molar-refractivity contribution < 1.29 is 4.52 Å². The minimum atomic E-state index is 0.469. The van der Waals surface area contributed by atoms with Crippen LogP contribution in [-0.4, -0.2) is 47.4 Å². The minimum Gasteiger partial charge on any atom is -0.357 e. The van der Waals surface area contributed by atoms with Crippen molar-refractivity contribution in [2.75, 3.05) is 6.54 Å². The monoisotopic (exact) mass is 403 g/mol. The van der Waals surface area contributed by atoms with Gasteiger partial charge < -0.3 is 9.51 Å². The molecule has 5 heterocycles. The molecule has 154 valence electrons. The summed E-state index contributed by atoms with van der Waals surface area (Å²) >= 11 is 0. The molecular formula is C22H25N7O. The molecule has 0 bridgehead atoms. The predicted molar refractivity (Wildman–Crippen MR) is 112 cm³/mol. The molecule has 1 aliphatic heterocycles. The third-order valence-corrected chi connectivity index (χ3v) is 5.92. The highest BCUT2D eigenvalue weighted by Gasteiger charge is 2.26. The number of aryl methyl sites for hydroxylation is 2. The maximum Gasteiger partial charge on any atom is 0.274 e. The van der Waals surface area contributed by atoms with E-state index in [0.29, 0.717) is 17.8 Å². The molecule has 1 N–H and O–H groups in total. The van der Waals surface area contributed by atoms with E-state index in [1.165, 1.54) is 11.1 Å². The molecule has 0 unspecified atom stereocenters. The van der Waals surface area contributed by atoms with E-state index in [1.54, 1.807) is 0 Å². The van der Waals surface area contributed by atoms with Crippen molar-refractivity contribution >= 4 is 0 Å². The number of H-pyrrole nitrogens is 1. The molecule has 8 heteroatoms. The summed E-state index contributed by atoms with van der Waals surface area (Å²) in [5.41, 5.74) is 5.31. The minimum absolute atomic E-state index is 0.469. The number of hydrogen-bond acceptors (Lipinski definition) is 6. The van der Waals surface area contributed by atoms with Crippen LogP contribution in [0.15, 0.2) is 47.5 Å². The van der Waals surface area contributed by atoms with Gasteiger partial charge in [0.15, 0.2) is 0 Å². The van der Waals surface area contributed by atoms with Crippen molar-refractivity contribution in [1.29, 1.82) is 0 Å². The summed E-state index contributed by atoms with van der Waals surface area (Å²) in [6.07, 6.45) is 9.71. The van der Waals surface area contributed by atoms with E-state index in [9.17, 15) is 0 Å². The van der Waals surface area contributed by atoms with Crippen LogP contribution in [0.25, 0.3) is 23.0 Å². The van der Waals surface area contributed by atoms with Crippen molar-refractivity contribution in [3.05, 3.63) is 59.8 Å². The number of rotatable bonds is 6. The molecule has 0 saturated heterocycles. The summed E-state index contributed by atoms with van der Waals surface area (Å²) in [6, 6.07) is 6.28. The standard InChI is InChI=1S/C22H25N7O/c1-15(6-12-29-10-4-9-25-29)28-11-7-18-17(14-28)13-24-16(2)20(18)21-26-22(30-27-21)19-5-3-8-23-19/h3-5,8-10,13,15,23H,6-7,11-12,14H2,1-2H3/t15-/m1/s1. The Morgan fingerprint density at radius 3 is 3.03 bits per heavy atom. The molecule has 0 saturated carbocycles. The fraction of sp³-hybridized carbons (Fsp3) is 0.364. The third kappa shape index (κ3) is 3.54. The predicted octanol–water partition coefficient (Wildman–Crippen LogP) is 3.47. The Labute approximate surface area is 174 Å². The number of pyridine rings is 1. The van der Waals surface area contributed by atoms with E-state index >= 15 is 0 Å². The van der Waals surface area contributed by atoms with Crippen molar-refractivity contribution in [2.45, 2.75) is 45.8 Å². The van der Waals surface area contributed by atoms with Crippen LogP contribution >= 0.6 is 0 Å². The molecule has 4 aromatic heterocycles. The molecule has 0 amide bonds. The van der Waals surface area contributed by atoms with E-state index in [2.05, 4.69) is 37.0 Å². The van der Waals surface area contributed by atoms with Crippen LogP contribution in [0.1, 0.15) is 30.2 Å². The summed E-state index contributed by atoms with van der Waals surface area (Å²) in [7, 11) is 0. The van der Waals surface area contributed by atoms with Gasteiger partial charge in [-0.3, -0.25) is 14.6 Å². The first kappa shape index (κ1) is 18.7. The third-order valence-electron chi connectivity index (χ3n) is 5.92. The summed E-state index contributed by atoms with van der Waals surface area (Å²) in [6.45, 7) is 7.12. The number of nitrogens with zero attached hydrogens (tertiary/aromatic N) is 6. The van der Waals surface area contributed by atoms with E-state index in [4.69, 9.17) is 4.52 Å². The second-order valence-electron chi connectivity index (χ2n) is 7.86. The van der Waals surface area contributed by atoms with Gasteiger partial charge in [0.1, 0.15) is 5.69 Å². The number of aromatic amines is 1. The van der Waals surface area contributed by atoms with Gasteiger partial charge >= 0.3 is 0 Å². The second kappa shape index (κ2) is 7.87. The van der Waals surface area contributed by atoms with Gasteiger partial charge in [-0.15, -0.1) is 0 Å². The average molecular weight is 403 g/mol. The topological polar surface area (TPSA) is 88.7 Å². The fourth-order valence-electron chi connectivity index (χ4n) is 4.18. The largest absolute Gasteiger partial charge is 0.357 e. The Kier molecular flexibility index (Phi) is 4.92. The van der Waals surface area contributed by atoms with Crippen LogP contribution in [0.2, 0.25) is 0 Å². The molecular weight excluding hydrogens is 378 g/mol. The lowest BCUT2D eigenvalue weighted by atomic mass is 9.93. The molecule has 0 aliphatic carbocycles. The Morgan fingerprint density at radius 1 is 1.30 bits per heavy atom. The molecule has 4 aromatic rings. The highest BCUT2D eigenvalue weighted by molar-refractivity contribution is 5.66. The number of nitrogens with one attached hydrogen (secondary N) is 1. The van der Waals surface area contributed by atoms with Crippen molar-refractivity contribution in [3.63, 3.8) is 0 Å². The van der Waals surface area contributed by atoms with Crippen molar-refractivity contribution in [2.24, 2.45) is 0 Å². The van der Waals surface area contributed by atoms with Gasteiger partial charge in [-0.05, 0) is 56.0 Å². The summed E-state index contributed by atoms with van der Waals surface area (Å²) in [5, 5.41) is 8.56. The van der Waals surface area contributed by atoms with E-state index in [0.717, 1.165) is 49.4 Å². The summed E-state index contributed by atoms with van der Waals surface area (Å²) in [4.78, 5) is 14.9. The van der Waals surface area contributed by atoms with Gasteiger partial charge in [0.05, 0.1) is 0 Å². The smallest absolute Gasteiger partial charge is 0.274 e. The van der Waals surface area contributed by atoms with Gasteiger partial charge in [0.25, 0.3) is 5.89 Å². The van der Waals surface area contributed by atoms with Crippen LogP contribution in [0.3, 0.4) is 0 Å². The van der Waals surface area contributed by atoms with Gasteiger partial charge in [-0.25, -0.2) is 0 Å². The molecule has 0 spiro atoms. The Bertz CT molecular complexity index is 1110. The quantitative estimate of drug-likeness (QED) is 0.530. The van der Waals surface area contributed by atoms with Crippen LogP contribution in [0.4, 0.5) is 0 Å². The first-order chi connectivity index (χ1) is 14.7. The van der Waals surface area contributed by atoms with Crippen molar-refractivity contribution in [1.82, 2.24) is 34.8 Å². The van der Waals surface area contributed by atoms with E-state index in [1.807, 2.05) is 54.6 Å². The normalized spacial score (nSPS) is 15.3. The van der Waals surface area contributed by atoms with E-state index in [-0.39, 0.29) is 0 Å². The average Bonchev–Trinajstić information content (AvgIpc) is 3.54. The van der Waals surface area contributed by atoms with Crippen LogP contribution in [0, 0.1) is 6.92 Å². The maximum absolute atomic E-state index is 5.50. The number of hydrogen-bond donors (Lipinski definition) is 1. The molecule has 1 aliphatic rings. The highest BCUT2D eigenvalue weighted by atomic mass is 16.5. The van der Waals surface area contributed by atoms with Crippen LogP contribution < -0.4 is 0 Å². The Hall–Kier alpha value is -3.26. The van der Waals surface area contributed by atoms with Crippen LogP contribution in [0.5, 0.6) is 0 Å². The Balaban J connectivity index is 1.36. The lowest BCUT2D eigenvalue weighted by molar-refractivity contribution is 0.176. The highest BCUT2D eigenvalue weighted by Crippen LogP contribution is 2.32. The summed E-state index contributed by atoms with van der Waals surface area (Å²) in [5.74, 6) is 1.11. The maximum atomic E-state index is 5.50. The molecule has 0 aromatic carbocycles. The molecule has 30 heavy (non-hydrogen) atoms. The first-order valence-electron chi connectivity index (χ1n) is 10.4.